The van der Waals surface area contributed by atoms with Crippen molar-refractivity contribution in [3.05, 3.63) is 187 Å². The Bertz CT molecular complexity index is 3140. The Morgan fingerprint density at radius 2 is 1.14 bits per heavy atom. The molecule has 0 amide bonds. The number of fused-ring (bicyclic) bond motifs is 6. The van der Waals surface area contributed by atoms with Gasteiger partial charge in [0.2, 0.25) is 0 Å². The summed E-state index contributed by atoms with van der Waals surface area (Å²) in [4.78, 5) is 15.6. The molecule has 0 spiro atoms. The van der Waals surface area contributed by atoms with Crippen LogP contribution >= 0.6 is 11.3 Å². The Kier molecular flexibility index (Phi) is 7.68. The van der Waals surface area contributed by atoms with Crippen molar-refractivity contribution in [1.82, 2.24) is 19.5 Å². The van der Waals surface area contributed by atoms with Crippen LogP contribution < -0.4 is 0 Å². The van der Waals surface area contributed by atoms with E-state index in [1.165, 1.54) is 37.6 Å². The fourth-order valence-electron chi connectivity index (χ4n) is 8.22. The zero-order valence-electron chi connectivity index (χ0n) is 30.3. The van der Waals surface area contributed by atoms with Crippen molar-refractivity contribution in [2.45, 2.75) is 12.8 Å². The van der Waals surface area contributed by atoms with Gasteiger partial charge in [0.1, 0.15) is 0 Å². The van der Waals surface area contributed by atoms with E-state index in [-0.39, 0.29) is 0 Å². The van der Waals surface area contributed by atoms with Gasteiger partial charge in [-0.3, -0.25) is 0 Å². The highest BCUT2D eigenvalue weighted by atomic mass is 32.1. The zero-order valence-corrected chi connectivity index (χ0v) is 31.1. The molecule has 0 saturated heterocycles. The minimum atomic E-state index is 0.555. The van der Waals surface area contributed by atoms with E-state index in [4.69, 9.17) is 15.0 Å². The van der Waals surface area contributed by atoms with Crippen molar-refractivity contribution in [2.75, 3.05) is 0 Å². The summed E-state index contributed by atoms with van der Waals surface area (Å²) in [6.45, 7) is 0. The van der Waals surface area contributed by atoms with Gasteiger partial charge in [-0.1, -0.05) is 146 Å². The van der Waals surface area contributed by atoms with Crippen LogP contribution in [0.5, 0.6) is 0 Å². The highest BCUT2D eigenvalue weighted by molar-refractivity contribution is 7.26. The third-order valence-electron chi connectivity index (χ3n) is 10.8. The molecule has 0 saturated carbocycles. The lowest BCUT2D eigenvalue weighted by molar-refractivity contribution is 0.889. The summed E-state index contributed by atoms with van der Waals surface area (Å²) in [6.07, 6.45) is 6.60. The first-order chi connectivity index (χ1) is 27.8. The highest BCUT2D eigenvalue weighted by Gasteiger charge is 2.21. The Morgan fingerprint density at radius 3 is 2.00 bits per heavy atom. The molecule has 10 aromatic rings. The molecule has 3 heterocycles. The Balaban J connectivity index is 1.07. The fourth-order valence-corrected chi connectivity index (χ4v) is 9.43. The topological polar surface area (TPSA) is 43.6 Å². The van der Waals surface area contributed by atoms with Crippen LogP contribution in [0.25, 0.3) is 99.3 Å². The second-order valence-electron chi connectivity index (χ2n) is 14.1. The first-order valence-corrected chi connectivity index (χ1v) is 19.7. The van der Waals surface area contributed by atoms with Crippen LogP contribution in [-0.2, 0) is 6.42 Å². The largest absolute Gasteiger partial charge is 0.312 e. The molecule has 11 rings (SSSR count). The number of rotatable bonds is 6. The fraction of sp³-hybridized carbons (Fsp3) is 0.0392. The second-order valence-corrected chi connectivity index (χ2v) is 15.1. The Labute approximate surface area is 328 Å². The molecule has 0 aliphatic heterocycles. The van der Waals surface area contributed by atoms with E-state index in [1.807, 2.05) is 12.1 Å². The van der Waals surface area contributed by atoms with Gasteiger partial charge >= 0.3 is 0 Å². The predicted octanol–water partition coefficient (Wildman–Crippen LogP) is 13.1. The van der Waals surface area contributed by atoms with Crippen LogP contribution in [0, 0.1) is 12.1 Å². The van der Waals surface area contributed by atoms with Gasteiger partial charge in [-0.15, -0.1) is 11.3 Å². The number of hydrogen-bond donors (Lipinski definition) is 0. The maximum atomic E-state index is 5.22. The average Bonchev–Trinajstić information content (AvgIpc) is 3.83. The summed E-state index contributed by atoms with van der Waals surface area (Å²) in [5.74, 6) is 1.80. The summed E-state index contributed by atoms with van der Waals surface area (Å²) < 4.78 is 4.84. The van der Waals surface area contributed by atoms with Crippen molar-refractivity contribution >= 4 is 48.5 Å². The summed E-state index contributed by atoms with van der Waals surface area (Å²) >= 11 is 1.78. The molecule has 0 fully saturated rings. The van der Waals surface area contributed by atoms with E-state index in [0.29, 0.717) is 17.5 Å². The lowest BCUT2D eigenvalue weighted by atomic mass is 9.99. The number of hydrogen-bond acceptors (Lipinski definition) is 4. The van der Waals surface area contributed by atoms with Crippen LogP contribution in [0.3, 0.4) is 0 Å². The second kappa shape index (κ2) is 13.3. The van der Waals surface area contributed by atoms with Crippen molar-refractivity contribution < 1.29 is 0 Å². The molecule has 1 aliphatic carbocycles. The summed E-state index contributed by atoms with van der Waals surface area (Å²) in [6, 6.07) is 62.3. The Hall–Kier alpha value is -7.13. The van der Waals surface area contributed by atoms with E-state index in [2.05, 4.69) is 174 Å². The molecule has 0 atom stereocenters. The maximum Gasteiger partial charge on any atom is 0.172 e. The minimum Gasteiger partial charge on any atom is -0.312 e. The molecule has 4 nitrogen and oxygen atoms in total. The lowest BCUT2D eigenvalue weighted by Gasteiger charge is -2.16. The average molecular weight is 733 g/mol. The van der Waals surface area contributed by atoms with Gasteiger partial charge in [0.15, 0.2) is 17.5 Å². The number of thiophene rings is 1. The van der Waals surface area contributed by atoms with Crippen LogP contribution in [0.2, 0.25) is 0 Å². The lowest BCUT2D eigenvalue weighted by Crippen LogP contribution is -2.04. The number of aromatic nitrogens is 4. The first kappa shape index (κ1) is 32.3. The summed E-state index contributed by atoms with van der Waals surface area (Å²) in [7, 11) is 0. The van der Waals surface area contributed by atoms with Gasteiger partial charge < -0.3 is 4.57 Å². The molecule has 0 unspecified atom stereocenters. The van der Waals surface area contributed by atoms with E-state index in [0.717, 1.165) is 62.2 Å². The third kappa shape index (κ3) is 5.34. The summed E-state index contributed by atoms with van der Waals surface area (Å²) in [5, 5.41) is 3.72. The molecule has 0 bridgehead atoms. The van der Waals surface area contributed by atoms with Crippen LogP contribution in [0.4, 0.5) is 0 Å². The molecule has 0 radical (unpaired) electrons. The van der Waals surface area contributed by atoms with E-state index >= 15 is 0 Å². The molecule has 262 valence electrons. The summed E-state index contributed by atoms with van der Waals surface area (Å²) in [5.41, 5.74) is 11.9. The molecular formula is C51H32N4S. The monoisotopic (exact) mass is 732 g/mol. The number of allylic oxidation sites excluding steroid dienone is 1. The van der Waals surface area contributed by atoms with Crippen LogP contribution in [0.15, 0.2) is 164 Å². The van der Waals surface area contributed by atoms with Crippen molar-refractivity contribution in [1.29, 1.82) is 0 Å². The predicted molar refractivity (Wildman–Crippen MR) is 232 cm³/mol. The number of para-hydroxylation sites is 2. The number of nitrogens with zero attached hydrogens (tertiary/aromatic N) is 4. The van der Waals surface area contributed by atoms with Crippen molar-refractivity contribution in [3.8, 4) is 62.1 Å². The minimum absolute atomic E-state index is 0.555. The van der Waals surface area contributed by atoms with E-state index in [9.17, 15) is 0 Å². The van der Waals surface area contributed by atoms with Crippen LogP contribution in [0.1, 0.15) is 17.7 Å². The SMILES string of the molecule is c1c(-c2nc(-c3ccccc3-c3ccccc3)nc(-c3cccc4c3sc3ccccc34)n2)ccc(-c2ccccc2-n2c3c(c4ccccc42)C=CCC3)c#1. The van der Waals surface area contributed by atoms with E-state index in [1.54, 1.807) is 11.3 Å². The zero-order chi connectivity index (χ0) is 37.0. The molecular weight excluding hydrogens is 701 g/mol. The van der Waals surface area contributed by atoms with Gasteiger partial charge in [-0.25, -0.2) is 15.0 Å². The molecule has 56 heavy (non-hydrogen) atoms. The quantitative estimate of drug-likeness (QED) is 0.171. The normalized spacial score (nSPS) is 12.3. The highest BCUT2D eigenvalue weighted by Crippen LogP contribution is 2.41. The van der Waals surface area contributed by atoms with Gasteiger partial charge in [-0.05, 0) is 60.4 Å². The van der Waals surface area contributed by atoms with Crippen molar-refractivity contribution in [3.63, 3.8) is 0 Å². The van der Waals surface area contributed by atoms with Crippen LogP contribution in [-0.4, -0.2) is 19.5 Å². The smallest absolute Gasteiger partial charge is 0.172 e. The van der Waals surface area contributed by atoms with Crippen molar-refractivity contribution in [2.24, 2.45) is 0 Å². The van der Waals surface area contributed by atoms with Gasteiger partial charge in [0.05, 0.1) is 16.8 Å². The van der Waals surface area contributed by atoms with Gasteiger partial charge in [0, 0.05) is 59.1 Å². The molecule has 3 aromatic heterocycles. The van der Waals surface area contributed by atoms with Gasteiger partial charge in [0.25, 0.3) is 0 Å². The molecule has 7 aromatic carbocycles. The first-order valence-electron chi connectivity index (χ1n) is 18.9. The van der Waals surface area contributed by atoms with E-state index < -0.39 is 0 Å². The number of benzene rings is 6. The third-order valence-corrected chi connectivity index (χ3v) is 12.0. The maximum absolute atomic E-state index is 5.22. The molecule has 1 aliphatic rings. The molecule has 0 N–H and O–H groups in total. The Morgan fingerprint density at radius 1 is 0.500 bits per heavy atom. The standard InChI is InChI=1S/C51H32N4S/c1-2-15-33(16-3-1)36-17-4-5-22-42(36)50-52-49(53-51(54-50)43-24-14-23-41-40-21-9-13-28-47(40)56-48(41)43)35-31-29-34(30-32-35)37-18-6-10-25-44(37)55-45-26-11-7-19-38(45)39-20-8-12-27-46(39)55/h1-11,13-26,28-29,31H,12,27H2. The molecule has 5 heteroatoms. The van der Waals surface area contributed by atoms with Gasteiger partial charge in [-0.2, -0.15) is 0 Å².